The number of carbonyl (C=O) groups is 2. The van der Waals surface area contributed by atoms with Gasteiger partial charge in [-0.2, -0.15) is 0 Å². The smallest absolute Gasteiger partial charge is 0.331 e. The van der Waals surface area contributed by atoms with Crippen molar-refractivity contribution in [1.29, 1.82) is 0 Å². The maximum absolute atomic E-state index is 11.7. The van der Waals surface area contributed by atoms with Crippen molar-refractivity contribution in [2.24, 2.45) is 0 Å². The van der Waals surface area contributed by atoms with Crippen LogP contribution in [-0.2, 0) is 14.3 Å². The van der Waals surface area contributed by atoms with E-state index in [1.165, 1.54) is 17.4 Å². The summed E-state index contributed by atoms with van der Waals surface area (Å²) < 4.78 is 5.42. The molecule has 22 heavy (non-hydrogen) atoms. The number of piperidine rings is 1. The molecular formula is C15H21N3O3S. The van der Waals surface area contributed by atoms with Gasteiger partial charge in [0, 0.05) is 38.6 Å². The van der Waals surface area contributed by atoms with Crippen molar-refractivity contribution in [3.05, 3.63) is 22.7 Å². The zero-order valence-corrected chi connectivity index (χ0v) is 13.7. The predicted molar refractivity (Wildman–Crippen MR) is 85.4 cm³/mol. The number of esters is 1. The van der Waals surface area contributed by atoms with Crippen LogP contribution < -0.4 is 0 Å². The minimum absolute atomic E-state index is 0.0710. The molecule has 0 aromatic carbocycles. The quantitative estimate of drug-likeness (QED) is 0.603. The molecule has 1 fully saturated rings. The minimum Gasteiger partial charge on any atom is -0.459 e. The number of likely N-dealkylation sites (N-methyl/N-ethyl adjacent to an activating group) is 1. The fraction of sp³-hybridized carbons (Fsp3) is 0.533. The zero-order chi connectivity index (χ0) is 15.9. The van der Waals surface area contributed by atoms with Crippen LogP contribution in [-0.4, -0.2) is 66.5 Å². The Kier molecular flexibility index (Phi) is 6.09. The van der Waals surface area contributed by atoms with Crippen LogP contribution in [0.2, 0.25) is 0 Å². The predicted octanol–water partition coefficient (Wildman–Crippen LogP) is 1.25. The van der Waals surface area contributed by atoms with Gasteiger partial charge in [-0.25, -0.2) is 9.78 Å². The average Bonchev–Trinajstić information content (AvgIpc) is 3.00. The van der Waals surface area contributed by atoms with Gasteiger partial charge in [0.05, 0.1) is 17.7 Å². The van der Waals surface area contributed by atoms with Gasteiger partial charge < -0.3 is 9.64 Å². The number of amides is 1. The first-order valence-corrected chi connectivity index (χ1v) is 8.18. The van der Waals surface area contributed by atoms with Crippen LogP contribution in [0.1, 0.15) is 18.5 Å². The molecule has 1 saturated heterocycles. The Morgan fingerprint density at radius 1 is 1.45 bits per heavy atom. The third-order valence-corrected chi connectivity index (χ3v) is 4.12. The number of hydrogen-bond donors (Lipinski definition) is 0. The summed E-state index contributed by atoms with van der Waals surface area (Å²) in [7, 11) is 3.51. The van der Waals surface area contributed by atoms with Gasteiger partial charge in [-0.1, -0.05) is 0 Å². The van der Waals surface area contributed by atoms with Crippen molar-refractivity contribution in [2.75, 3.05) is 33.7 Å². The number of ether oxygens (including phenoxy) is 1. The van der Waals surface area contributed by atoms with Crippen LogP contribution in [0.15, 0.2) is 17.0 Å². The molecule has 2 heterocycles. The fourth-order valence-corrected chi connectivity index (χ4v) is 2.70. The van der Waals surface area contributed by atoms with Crippen molar-refractivity contribution < 1.29 is 14.3 Å². The lowest BCUT2D eigenvalue weighted by atomic mass is 10.1. The minimum atomic E-state index is -0.337. The highest BCUT2D eigenvalue weighted by Crippen LogP contribution is 2.14. The molecule has 1 aliphatic rings. The molecule has 0 radical (unpaired) electrons. The van der Waals surface area contributed by atoms with Crippen LogP contribution >= 0.6 is 11.3 Å². The van der Waals surface area contributed by atoms with Crippen LogP contribution in [0.5, 0.6) is 0 Å². The molecule has 0 atom stereocenters. The summed E-state index contributed by atoms with van der Waals surface area (Å²) in [6.07, 6.45) is 4.52. The van der Waals surface area contributed by atoms with E-state index in [-0.39, 0.29) is 18.0 Å². The summed E-state index contributed by atoms with van der Waals surface area (Å²) in [4.78, 5) is 31.2. The SMILES string of the molecule is CN(C)C(=O)CN1CCC(OC(=O)/C=C/c2cscn2)CC1. The molecule has 0 aliphatic carbocycles. The molecule has 1 amide bonds. The monoisotopic (exact) mass is 323 g/mol. The molecule has 0 unspecified atom stereocenters. The first-order chi connectivity index (χ1) is 10.5. The molecule has 0 bridgehead atoms. The Hall–Kier alpha value is -1.73. The number of hydrogen-bond acceptors (Lipinski definition) is 6. The van der Waals surface area contributed by atoms with E-state index in [4.69, 9.17) is 4.74 Å². The largest absolute Gasteiger partial charge is 0.459 e. The third kappa shape index (κ3) is 5.23. The topological polar surface area (TPSA) is 62.7 Å². The summed E-state index contributed by atoms with van der Waals surface area (Å²) in [6, 6.07) is 0. The lowest BCUT2D eigenvalue weighted by Crippen LogP contribution is -2.43. The van der Waals surface area contributed by atoms with Crippen molar-refractivity contribution >= 4 is 29.3 Å². The second-order valence-corrected chi connectivity index (χ2v) is 6.17. The van der Waals surface area contributed by atoms with E-state index >= 15 is 0 Å². The summed E-state index contributed by atoms with van der Waals surface area (Å²) in [6.45, 7) is 1.97. The van der Waals surface area contributed by atoms with Crippen molar-refractivity contribution in [1.82, 2.24) is 14.8 Å². The van der Waals surface area contributed by atoms with E-state index in [0.717, 1.165) is 31.6 Å². The van der Waals surface area contributed by atoms with Crippen LogP contribution in [0.4, 0.5) is 0 Å². The molecular weight excluding hydrogens is 302 g/mol. The van der Waals surface area contributed by atoms with Crippen LogP contribution in [0.25, 0.3) is 6.08 Å². The molecule has 1 aliphatic heterocycles. The van der Waals surface area contributed by atoms with E-state index in [1.807, 2.05) is 5.38 Å². The van der Waals surface area contributed by atoms with Gasteiger partial charge in [-0.3, -0.25) is 9.69 Å². The van der Waals surface area contributed by atoms with Gasteiger partial charge in [0.15, 0.2) is 0 Å². The number of nitrogens with zero attached hydrogens (tertiary/aromatic N) is 3. The average molecular weight is 323 g/mol. The number of likely N-dealkylation sites (tertiary alicyclic amines) is 1. The molecule has 0 spiro atoms. The molecule has 1 aromatic rings. The molecule has 7 heteroatoms. The fourth-order valence-electron chi connectivity index (χ4n) is 2.18. The normalized spacial score (nSPS) is 16.8. The number of aromatic nitrogens is 1. The Labute approximate surface area is 134 Å². The second kappa shape index (κ2) is 8.05. The summed E-state index contributed by atoms with van der Waals surface area (Å²) in [5, 5.41) is 1.87. The van der Waals surface area contributed by atoms with Crippen LogP contribution in [0.3, 0.4) is 0 Å². The van der Waals surface area contributed by atoms with Crippen molar-refractivity contribution in [3.8, 4) is 0 Å². The highest BCUT2D eigenvalue weighted by atomic mass is 32.1. The molecule has 6 nitrogen and oxygen atoms in total. The first kappa shape index (κ1) is 16.6. The zero-order valence-electron chi connectivity index (χ0n) is 12.9. The van der Waals surface area contributed by atoms with Gasteiger partial charge in [-0.05, 0) is 18.9 Å². The summed E-state index contributed by atoms with van der Waals surface area (Å²) >= 11 is 1.48. The lowest BCUT2D eigenvalue weighted by molar-refractivity contribution is -0.145. The van der Waals surface area contributed by atoms with E-state index in [9.17, 15) is 9.59 Å². The second-order valence-electron chi connectivity index (χ2n) is 5.45. The maximum atomic E-state index is 11.7. The Balaban J connectivity index is 1.71. The Morgan fingerprint density at radius 2 is 2.18 bits per heavy atom. The van der Waals surface area contributed by atoms with Crippen molar-refractivity contribution in [3.63, 3.8) is 0 Å². The van der Waals surface area contributed by atoms with E-state index in [2.05, 4.69) is 9.88 Å². The number of carbonyl (C=O) groups excluding carboxylic acids is 2. The van der Waals surface area contributed by atoms with Gasteiger partial charge in [-0.15, -0.1) is 11.3 Å². The molecule has 0 saturated carbocycles. The van der Waals surface area contributed by atoms with Gasteiger partial charge in [0.1, 0.15) is 6.10 Å². The summed E-state index contributed by atoms with van der Waals surface area (Å²) in [5.41, 5.74) is 2.48. The Bertz CT molecular complexity index is 520. The standard InChI is InChI=1S/C15H21N3O3S/c1-17(2)14(19)9-18-7-5-13(6-8-18)21-15(20)4-3-12-10-22-11-16-12/h3-4,10-11,13H,5-9H2,1-2H3/b4-3+. The van der Waals surface area contributed by atoms with Crippen molar-refractivity contribution in [2.45, 2.75) is 18.9 Å². The van der Waals surface area contributed by atoms with Gasteiger partial charge in [0.2, 0.25) is 5.91 Å². The maximum Gasteiger partial charge on any atom is 0.331 e. The molecule has 1 aromatic heterocycles. The van der Waals surface area contributed by atoms with Gasteiger partial charge in [0.25, 0.3) is 0 Å². The number of rotatable bonds is 5. The van der Waals surface area contributed by atoms with Crippen LogP contribution in [0, 0.1) is 0 Å². The summed E-state index contributed by atoms with van der Waals surface area (Å²) in [5.74, 6) is -0.238. The molecule has 120 valence electrons. The molecule has 2 rings (SSSR count). The number of thiazole rings is 1. The Morgan fingerprint density at radius 3 is 2.77 bits per heavy atom. The highest BCUT2D eigenvalue weighted by molar-refractivity contribution is 7.07. The van der Waals surface area contributed by atoms with E-state index in [0.29, 0.717) is 6.54 Å². The third-order valence-electron chi connectivity index (χ3n) is 3.52. The lowest BCUT2D eigenvalue weighted by Gasteiger charge is -2.31. The highest BCUT2D eigenvalue weighted by Gasteiger charge is 2.23. The van der Waals surface area contributed by atoms with E-state index in [1.54, 1.807) is 30.6 Å². The van der Waals surface area contributed by atoms with E-state index < -0.39 is 0 Å². The first-order valence-electron chi connectivity index (χ1n) is 7.24. The van der Waals surface area contributed by atoms with Gasteiger partial charge >= 0.3 is 5.97 Å². The molecule has 0 N–H and O–H groups in total.